The van der Waals surface area contributed by atoms with Gasteiger partial charge < -0.3 is 14.1 Å². The fourth-order valence-corrected chi connectivity index (χ4v) is 4.91. The summed E-state index contributed by atoms with van der Waals surface area (Å²) in [6, 6.07) is 13.1. The van der Waals surface area contributed by atoms with Gasteiger partial charge in [0.25, 0.3) is 6.01 Å². The number of ether oxygens (including phenoxy) is 1. The van der Waals surface area contributed by atoms with Crippen LogP contribution < -0.4 is 14.4 Å². The zero-order chi connectivity index (χ0) is 19.7. The molecule has 1 aromatic heterocycles. The van der Waals surface area contributed by atoms with Crippen LogP contribution in [0.4, 0.5) is 6.01 Å². The van der Waals surface area contributed by atoms with E-state index >= 15 is 0 Å². The molecule has 1 aliphatic rings. The third kappa shape index (κ3) is 3.57. The van der Waals surface area contributed by atoms with Gasteiger partial charge in [0.15, 0.2) is 5.58 Å². The van der Waals surface area contributed by atoms with Gasteiger partial charge in [-0.15, -0.1) is 0 Å². The molecule has 0 bridgehead atoms. The molecule has 7 nitrogen and oxygen atoms in total. The summed E-state index contributed by atoms with van der Waals surface area (Å²) in [5, 5.41) is 0. The highest BCUT2D eigenvalue weighted by atomic mass is 32.2. The second-order valence-corrected chi connectivity index (χ2v) is 8.67. The Bertz CT molecular complexity index is 1060. The number of benzene rings is 2. The summed E-state index contributed by atoms with van der Waals surface area (Å²) in [4.78, 5) is 6.86. The Morgan fingerprint density at radius 1 is 1.29 bits per heavy atom. The summed E-state index contributed by atoms with van der Waals surface area (Å²) in [6.45, 7) is 2.85. The van der Waals surface area contributed by atoms with E-state index < -0.39 is 10.0 Å². The fourth-order valence-electron chi connectivity index (χ4n) is 3.62. The van der Waals surface area contributed by atoms with Crippen LogP contribution in [-0.4, -0.2) is 39.6 Å². The average Bonchev–Trinajstić information content (AvgIpc) is 3.32. The lowest BCUT2D eigenvalue weighted by atomic mass is 10.2. The quantitative estimate of drug-likeness (QED) is 0.683. The van der Waals surface area contributed by atoms with E-state index in [-0.39, 0.29) is 10.9 Å². The van der Waals surface area contributed by atoms with Gasteiger partial charge in [-0.3, -0.25) is 0 Å². The maximum Gasteiger partial charge on any atom is 0.298 e. The lowest BCUT2D eigenvalue weighted by molar-refractivity contribution is 0.414. The Kier molecular flexibility index (Phi) is 4.99. The normalized spacial score (nSPS) is 17.4. The zero-order valence-electron chi connectivity index (χ0n) is 15.9. The van der Waals surface area contributed by atoms with Crippen LogP contribution in [0.5, 0.6) is 5.75 Å². The summed E-state index contributed by atoms with van der Waals surface area (Å²) < 4.78 is 39.3. The first-order chi connectivity index (χ1) is 13.5. The predicted octanol–water partition coefficient (Wildman–Crippen LogP) is 3.09. The van der Waals surface area contributed by atoms with Gasteiger partial charge in [-0.2, -0.15) is 4.98 Å². The highest BCUT2D eigenvalue weighted by Gasteiger charge is 2.30. The second-order valence-electron chi connectivity index (χ2n) is 6.94. The van der Waals surface area contributed by atoms with Crippen molar-refractivity contribution in [3.8, 4) is 5.75 Å². The molecule has 1 saturated heterocycles. The van der Waals surface area contributed by atoms with Gasteiger partial charge >= 0.3 is 0 Å². The van der Waals surface area contributed by atoms with Crippen molar-refractivity contribution in [2.75, 3.05) is 25.1 Å². The van der Waals surface area contributed by atoms with Crippen LogP contribution in [0.3, 0.4) is 0 Å². The number of sulfonamides is 1. The molecule has 0 aliphatic carbocycles. The van der Waals surface area contributed by atoms with Gasteiger partial charge in [0.05, 0.1) is 12.0 Å². The number of nitrogens with one attached hydrogen (secondary N) is 1. The number of hydrogen-bond donors (Lipinski definition) is 1. The number of fused-ring (bicyclic) bond motifs is 1. The highest BCUT2D eigenvalue weighted by Crippen LogP contribution is 2.28. The van der Waals surface area contributed by atoms with Crippen molar-refractivity contribution >= 4 is 27.1 Å². The van der Waals surface area contributed by atoms with Crippen molar-refractivity contribution in [1.82, 2.24) is 9.71 Å². The first-order valence-electron chi connectivity index (χ1n) is 9.24. The van der Waals surface area contributed by atoms with Crippen LogP contribution in [0, 0.1) is 6.92 Å². The minimum atomic E-state index is -3.62. The van der Waals surface area contributed by atoms with Gasteiger partial charge in [-0.1, -0.05) is 12.1 Å². The first kappa shape index (κ1) is 18.8. The molecular weight excluding hydrogens is 378 g/mol. The van der Waals surface area contributed by atoms with Crippen LogP contribution in [0.1, 0.15) is 18.4 Å². The van der Waals surface area contributed by atoms with E-state index in [1.807, 2.05) is 29.2 Å². The number of para-hydroxylation sites is 2. The lowest BCUT2D eigenvalue weighted by Crippen LogP contribution is -2.40. The smallest absolute Gasteiger partial charge is 0.298 e. The van der Waals surface area contributed by atoms with Crippen molar-refractivity contribution < 1.29 is 17.6 Å². The van der Waals surface area contributed by atoms with Gasteiger partial charge in [0.1, 0.15) is 11.3 Å². The largest absolute Gasteiger partial charge is 0.497 e. The number of rotatable bonds is 6. The first-order valence-corrected chi connectivity index (χ1v) is 10.7. The zero-order valence-corrected chi connectivity index (χ0v) is 16.7. The number of aromatic nitrogens is 1. The van der Waals surface area contributed by atoms with Gasteiger partial charge in [0.2, 0.25) is 10.0 Å². The standard InChI is InChI=1S/C20H23N3O4S/c1-14-12-16(26-2)9-10-19(14)28(24,25)21-13-15-6-5-11-23(15)20-22-17-7-3-4-8-18(17)27-20/h3-4,7-10,12,15,21H,5-6,11,13H2,1-2H3. The molecule has 1 unspecified atom stereocenters. The van der Waals surface area contributed by atoms with E-state index in [2.05, 4.69) is 9.71 Å². The number of hydrogen-bond acceptors (Lipinski definition) is 6. The Hall–Kier alpha value is -2.58. The predicted molar refractivity (Wildman–Crippen MR) is 107 cm³/mol. The molecule has 0 spiro atoms. The van der Waals surface area contributed by atoms with E-state index in [9.17, 15) is 8.42 Å². The molecule has 8 heteroatoms. The molecule has 0 amide bonds. The van der Waals surface area contributed by atoms with Gasteiger partial charge in [-0.25, -0.2) is 13.1 Å². The molecule has 3 aromatic rings. The van der Waals surface area contributed by atoms with E-state index in [0.29, 0.717) is 23.9 Å². The Labute approximate surface area is 164 Å². The number of oxazole rings is 1. The SMILES string of the molecule is COc1ccc(S(=O)(=O)NCC2CCCN2c2nc3ccccc3o2)c(C)c1. The molecular formula is C20H23N3O4S. The molecule has 0 saturated carbocycles. The van der Waals surface area contributed by atoms with Crippen molar-refractivity contribution in [1.29, 1.82) is 0 Å². The monoisotopic (exact) mass is 401 g/mol. The van der Waals surface area contributed by atoms with Crippen LogP contribution >= 0.6 is 0 Å². The second kappa shape index (κ2) is 7.44. The van der Waals surface area contributed by atoms with Gasteiger partial charge in [-0.05, 0) is 55.7 Å². The Morgan fingerprint density at radius 3 is 2.86 bits per heavy atom. The third-order valence-corrected chi connectivity index (χ3v) is 6.67. The van der Waals surface area contributed by atoms with Crippen LogP contribution in [0.2, 0.25) is 0 Å². The van der Waals surface area contributed by atoms with Crippen molar-refractivity contribution in [3.05, 3.63) is 48.0 Å². The molecule has 28 heavy (non-hydrogen) atoms. The van der Waals surface area contributed by atoms with Crippen molar-refractivity contribution in [2.45, 2.75) is 30.7 Å². The molecule has 2 heterocycles. The maximum atomic E-state index is 12.8. The van der Waals surface area contributed by atoms with Crippen LogP contribution in [0.25, 0.3) is 11.1 Å². The summed E-state index contributed by atoms with van der Waals surface area (Å²) in [6.07, 6.45) is 1.84. The topological polar surface area (TPSA) is 84.7 Å². The summed E-state index contributed by atoms with van der Waals surface area (Å²) in [5.74, 6) is 0.634. The fraction of sp³-hybridized carbons (Fsp3) is 0.350. The van der Waals surface area contributed by atoms with Gasteiger partial charge in [0, 0.05) is 19.1 Å². The minimum absolute atomic E-state index is 0.00129. The molecule has 1 atom stereocenters. The van der Waals surface area contributed by atoms with E-state index in [1.165, 1.54) is 0 Å². The molecule has 1 fully saturated rings. The van der Waals surface area contributed by atoms with Crippen molar-refractivity contribution in [3.63, 3.8) is 0 Å². The Balaban J connectivity index is 1.50. The molecule has 0 radical (unpaired) electrons. The van der Waals surface area contributed by atoms with Crippen LogP contribution in [0.15, 0.2) is 51.8 Å². The van der Waals surface area contributed by atoms with E-state index in [4.69, 9.17) is 9.15 Å². The molecule has 1 aliphatic heterocycles. The van der Waals surface area contributed by atoms with E-state index in [1.54, 1.807) is 32.2 Å². The molecule has 2 aromatic carbocycles. The lowest BCUT2D eigenvalue weighted by Gasteiger charge is -2.23. The molecule has 1 N–H and O–H groups in total. The highest BCUT2D eigenvalue weighted by molar-refractivity contribution is 7.89. The van der Waals surface area contributed by atoms with Crippen molar-refractivity contribution in [2.24, 2.45) is 0 Å². The average molecular weight is 401 g/mol. The van der Waals surface area contributed by atoms with E-state index in [0.717, 1.165) is 30.5 Å². The Morgan fingerprint density at radius 2 is 2.11 bits per heavy atom. The molecule has 148 valence electrons. The molecule has 4 rings (SSSR count). The summed E-state index contributed by atoms with van der Waals surface area (Å²) in [7, 11) is -2.06. The minimum Gasteiger partial charge on any atom is -0.497 e. The number of anilines is 1. The summed E-state index contributed by atoms with van der Waals surface area (Å²) >= 11 is 0. The summed E-state index contributed by atoms with van der Waals surface area (Å²) in [5.41, 5.74) is 2.18. The van der Waals surface area contributed by atoms with Crippen LogP contribution in [-0.2, 0) is 10.0 Å². The number of nitrogens with zero attached hydrogens (tertiary/aromatic N) is 2. The number of aryl methyl sites for hydroxylation is 1. The third-order valence-electron chi connectivity index (χ3n) is 5.09. The maximum absolute atomic E-state index is 12.8. The number of methoxy groups -OCH3 is 1.